The van der Waals surface area contributed by atoms with Crippen molar-refractivity contribution in [3.05, 3.63) is 64.3 Å². The maximum absolute atomic E-state index is 13.9. The van der Waals surface area contributed by atoms with Gasteiger partial charge in [-0.3, -0.25) is 14.5 Å². The summed E-state index contributed by atoms with van der Waals surface area (Å²) in [5.74, 6) is -0.734. The molecule has 0 spiro atoms. The lowest BCUT2D eigenvalue weighted by Crippen LogP contribution is -2.42. The molecule has 0 saturated carbocycles. The summed E-state index contributed by atoms with van der Waals surface area (Å²) in [5, 5.41) is -0.540. The van der Waals surface area contributed by atoms with Gasteiger partial charge < -0.3 is 14.2 Å². The molecule has 1 fully saturated rings. The van der Waals surface area contributed by atoms with Gasteiger partial charge in [0, 0.05) is 5.56 Å². The number of hydrogen-bond acceptors (Lipinski definition) is 7. The Morgan fingerprint density at radius 2 is 1.85 bits per heavy atom. The summed E-state index contributed by atoms with van der Waals surface area (Å²) in [6.45, 7) is 5.46. The number of halogens is 1. The van der Waals surface area contributed by atoms with Gasteiger partial charge in [-0.15, -0.1) is 0 Å². The first-order chi connectivity index (χ1) is 15.8. The van der Waals surface area contributed by atoms with E-state index >= 15 is 0 Å². The highest BCUT2D eigenvalue weighted by Crippen LogP contribution is 2.36. The fourth-order valence-corrected chi connectivity index (χ4v) is 4.01. The van der Waals surface area contributed by atoms with E-state index in [9.17, 15) is 18.8 Å². The quantitative estimate of drug-likeness (QED) is 0.382. The predicted molar refractivity (Wildman–Crippen MR) is 122 cm³/mol. The number of amides is 2. The molecule has 2 aromatic rings. The van der Waals surface area contributed by atoms with Gasteiger partial charge in [-0.2, -0.15) is 0 Å². The summed E-state index contributed by atoms with van der Waals surface area (Å²) in [5.41, 5.74) is 1.01. The Morgan fingerprint density at radius 3 is 2.55 bits per heavy atom. The minimum atomic E-state index is -1.02. The van der Waals surface area contributed by atoms with Crippen LogP contribution >= 0.6 is 11.8 Å². The molecule has 9 heteroatoms. The number of carbonyl (C=O) groups excluding carboxylic acids is 3. The molecule has 3 rings (SSSR count). The Kier molecular flexibility index (Phi) is 8.11. The normalized spacial score (nSPS) is 15.6. The molecule has 33 heavy (non-hydrogen) atoms. The van der Waals surface area contributed by atoms with Crippen LogP contribution in [0.5, 0.6) is 11.5 Å². The van der Waals surface area contributed by atoms with Crippen LogP contribution in [-0.2, 0) is 20.9 Å². The second-order valence-electron chi connectivity index (χ2n) is 7.00. The number of imide groups is 1. The van der Waals surface area contributed by atoms with E-state index in [1.807, 2.05) is 6.92 Å². The number of thioether (sulfide) groups is 1. The van der Waals surface area contributed by atoms with Crippen molar-refractivity contribution in [1.82, 2.24) is 4.90 Å². The number of ether oxygens (including phenoxy) is 3. The van der Waals surface area contributed by atoms with Crippen LogP contribution in [-0.4, -0.2) is 41.3 Å². The van der Waals surface area contributed by atoms with E-state index < -0.39 is 23.2 Å². The fourth-order valence-electron chi connectivity index (χ4n) is 3.11. The Balaban J connectivity index is 1.80. The maximum Gasteiger partial charge on any atom is 0.329 e. The third kappa shape index (κ3) is 5.73. The molecular weight excluding hydrogens is 449 g/mol. The van der Waals surface area contributed by atoms with Crippen molar-refractivity contribution in [2.24, 2.45) is 0 Å². The van der Waals surface area contributed by atoms with Crippen molar-refractivity contribution < 1.29 is 33.0 Å². The molecule has 2 amide bonds. The smallest absolute Gasteiger partial charge is 0.329 e. The highest BCUT2D eigenvalue weighted by atomic mass is 32.2. The van der Waals surface area contributed by atoms with Gasteiger partial charge in [-0.05, 0) is 62.4 Å². The van der Waals surface area contributed by atoms with Crippen molar-refractivity contribution in [1.29, 1.82) is 0 Å². The zero-order valence-electron chi connectivity index (χ0n) is 18.5. The molecular formula is C24H24FNO6S. The van der Waals surface area contributed by atoms with Gasteiger partial charge in [0.15, 0.2) is 11.5 Å². The van der Waals surface area contributed by atoms with Crippen LogP contribution in [0.3, 0.4) is 0 Å². The molecule has 0 N–H and O–H groups in total. The SMILES string of the molecule is CCOC(=O)[C@@H](C)N1C(=O)S/C(=C\c2ccc(OCc3ccccc3F)c(OCC)c2)C1=O. The van der Waals surface area contributed by atoms with Crippen LogP contribution in [0.25, 0.3) is 6.08 Å². The van der Waals surface area contributed by atoms with Gasteiger partial charge in [0.1, 0.15) is 18.5 Å². The average Bonchev–Trinajstić information content (AvgIpc) is 3.06. The average molecular weight is 474 g/mol. The fraction of sp³-hybridized carbons (Fsp3) is 0.292. The molecule has 1 saturated heterocycles. The Labute approximate surface area is 195 Å². The summed E-state index contributed by atoms with van der Waals surface area (Å²) in [7, 11) is 0. The first-order valence-electron chi connectivity index (χ1n) is 10.4. The van der Waals surface area contributed by atoms with Crippen molar-refractivity contribution in [2.75, 3.05) is 13.2 Å². The van der Waals surface area contributed by atoms with Gasteiger partial charge >= 0.3 is 5.97 Å². The molecule has 0 aliphatic carbocycles. The van der Waals surface area contributed by atoms with Crippen LogP contribution in [0, 0.1) is 5.82 Å². The first kappa shape index (κ1) is 24.3. The third-order valence-electron chi connectivity index (χ3n) is 4.74. The van der Waals surface area contributed by atoms with E-state index in [0.29, 0.717) is 29.2 Å². The predicted octanol–water partition coefficient (Wildman–Crippen LogP) is 4.79. The highest BCUT2D eigenvalue weighted by molar-refractivity contribution is 8.18. The second kappa shape index (κ2) is 11.0. The molecule has 174 valence electrons. The van der Waals surface area contributed by atoms with E-state index in [4.69, 9.17) is 14.2 Å². The molecule has 2 aromatic carbocycles. The van der Waals surface area contributed by atoms with Crippen LogP contribution in [0.15, 0.2) is 47.4 Å². The lowest BCUT2D eigenvalue weighted by atomic mass is 10.1. The monoisotopic (exact) mass is 473 g/mol. The molecule has 1 aliphatic rings. The third-order valence-corrected chi connectivity index (χ3v) is 5.63. The minimum absolute atomic E-state index is 0.0245. The van der Waals surface area contributed by atoms with Crippen molar-refractivity contribution in [2.45, 2.75) is 33.4 Å². The molecule has 0 radical (unpaired) electrons. The Morgan fingerprint density at radius 1 is 1.09 bits per heavy atom. The largest absolute Gasteiger partial charge is 0.490 e. The van der Waals surface area contributed by atoms with E-state index in [2.05, 4.69) is 0 Å². The molecule has 1 atom stereocenters. The van der Waals surface area contributed by atoms with Gasteiger partial charge in [0.2, 0.25) is 0 Å². The van der Waals surface area contributed by atoms with Crippen molar-refractivity contribution >= 4 is 35.0 Å². The lowest BCUT2D eigenvalue weighted by Gasteiger charge is -2.19. The molecule has 0 aromatic heterocycles. The van der Waals surface area contributed by atoms with E-state index in [-0.39, 0.29) is 23.9 Å². The Hall–Kier alpha value is -3.33. The van der Waals surface area contributed by atoms with Gasteiger partial charge in [0.25, 0.3) is 11.1 Å². The van der Waals surface area contributed by atoms with Crippen LogP contribution in [0.1, 0.15) is 31.9 Å². The number of benzene rings is 2. The topological polar surface area (TPSA) is 82.1 Å². The summed E-state index contributed by atoms with van der Waals surface area (Å²) in [4.78, 5) is 38.2. The maximum atomic E-state index is 13.9. The Bertz CT molecular complexity index is 1090. The van der Waals surface area contributed by atoms with E-state index in [1.54, 1.807) is 49.4 Å². The number of carbonyl (C=O) groups is 3. The van der Waals surface area contributed by atoms with Gasteiger partial charge in [-0.1, -0.05) is 24.3 Å². The van der Waals surface area contributed by atoms with Crippen LogP contribution in [0.4, 0.5) is 9.18 Å². The zero-order chi connectivity index (χ0) is 24.0. The summed E-state index contributed by atoms with van der Waals surface area (Å²) in [6, 6.07) is 10.3. The summed E-state index contributed by atoms with van der Waals surface area (Å²) >= 11 is 0.750. The molecule has 0 unspecified atom stereocenters. The zero-order valence-corrected chi connectivity index (χ0v) is 19.3. The first-order valence-corrected chi connectivity index (χ1v) is 11.2. The number of nitrogens with zero attached hydrogens (tertiary/aromatic N) is 1. The lowest BCUT2D eigenvalue weighted by molar-refractivity contribution is -0.150. The number of esters is 1. The van der Waals surface area contributed by atoms with Gasteiger partial charge in [0.05, 0.1) is 18.1 Å². The van der Waals surface area contributed by atoms with E-state index in [0.717, 1.165) is 16.7 Å². The number of rotatable bonds is 9. The van der Waals surface area contributed by atoms with Gasteiger partial charge in [-0.25, -0.2) is 9.18 Å². The van der Waals surface area contributed by atoms with Crippen LogP contribution in [0.2, 0.25) is 0 Å². The van der Waals surface area contributed by atoms with Crippen molar-refractivity contribution in [3.8, 4) is 11.5 Å². The summed E-state index contributed by atoms with van der Waals surface area (Å²) < 4.78 is 30.2. The molecule has 1 aliphatic heterocycles. The number of hydrogen-bond donors (Lipinski definition) is 0. The minimum Gasteiger partial charge on any atom is -0.490 e. The second-order valence-corrected chi connectivity index (χ2v) is 7.99. The molecule has 0 bridgehead atoms. The van der Waals surface area contributed by atoms with Crippen molar-refractivity contribution in [3.63, 3.8) is 0 Å². The molecule has 1 heterocycles. The molecule has 7 nitrogen and oxygen atoms in total. The van der Waals surface area contributed by atoms with E-state index in [1.165, 1.54) is 13.0 Å². The summed E-state index contributed by atoms with van der Waals surface area (Å²) in [6.07, 6.45) is 1.55. The highest BCUT2D eigenvalue weighted by Gasteiger charge is 2.41. The standard InChI is InChI=1S/C24H24FNO6S/c1-4-30-20-12-16(10-11-19(20)32-14-17-8-6-7-9-18(17)25)13-21-22(27)26(24(29)33-21)15(3)23(28)31-5-2/h6-13,15H,4-5,14H2,1-3H3/b21-13-/t15-/m1/s1. The van der Waals surface area contributed by atoms with Crippen LogP contribution < -0.4 is 9.47 Å².